The van der Waals surface area contributed by atoms with E-state index < -0.39 is 9.84 Å². The molecule has 1 aliphatic carbocycles. The number of rotatable bonds is 7. The van der Waals surface area contributed by atoms with Crippen LogP contribution in [0.2, 0.25) is 0 Å². The van der Waals surface area contributed by atoms with Gasteiger partial charge in [0.05, 0.1) is 11.5 Å². The average molecular weight is 410 g/mol. The summed E-state index contributed by atoms with van der Waals surface area (Å²) in [6.07, 6.45) is 8.09. The molecule has 2 aliphatic rings. The van der Waals surface area contributed by atoms with Gasteiger partial charge >= 0.3 is 0 Å². The molecule has 1 aromatic carbocycles. The zero-order chi connectivity index (χ0) is 20.1. The highest BCUT2D eigenvalue weighted by atomic mass is 32.2. The number of halogens is 1. The summed E-state index contributed by atoms with van der Waals surface area (Å²) in [6.45, 7) is 2.49. The Morgan fingerprint density at radius 2 is 1.93 bits per heavy atom. The fraction of sp³-hybridized carbons (Fsp3) is 0.682. The molecule has 1 atom stereocenters. The van der Waals surface area contributed by atoms with Crippen LogP contribution in [-0.2, 0) is 21.2 Å². The molecule has 6 heteroatoms. The summed E-state index contributed by atoms with van der Waals surface area (Å²) in [5.74, 6) is 0.566. The van der Waals surface area contributed by atoms with Gasteiger partial charge in [0.2, 0.25) is 5.91 Å². The summed E-state index contributed by atoms with van der Waals surface area (Å²) >= 11 is 0. The predicted octanol–water partition coefficient (Wildman–Crippen LogP) is 4.34. The van der Waals surface area contributed by atoms with Crippen LogP contribution in [0.5, 0.6) is 0 Å². The van der Waals surface area contributed by atoms with E-state index in [9.17, 15) is 17.6 Å². The van der Waals surface area contributed by atoms with Crippen molar-refractivity contribution in [3.8, 4) is 0 Å². The van der Waals surface area contributed by atoms with Gasteiger partial charge in [-0.15, -0.1) is 0 Å². The van der Waals surface area contributed by atoms with Crippen LogP contribution < -0.4 is 0 Å². The van der Waals surface area contributed by atoms with Gasteiger partial charge in [-0.3, -0.25) is 4.79 Å². The summed E-state index contributed by atoms with van der Waals surface area (Å²) in [7, 11) is -3.09. The number of hydrogen-bond donors (Lipinski definition) is 0. The molecule has 3 rings (SSSR count). The van der Waals surface area contributed by atoms with E-state index >= 15 is 0 Å². The lowest BCUT2D eigenvalue weighted by atomic mass is 9.79. The molecule has 4 nitrogen and oxygen atoms in total. The number of unbranched alkanes of at least 4 members (excludes halogenated alkanes) is 1. The molecule has 0 spiro atoms. The summed E-state index contributed by atoms with van der Waals surface area (Å²) in [6, 6.07) is 5.96. The minimum atomic E-state index is -3.09. The topological polar surface area (TPSA) is 54.5 Å². The van der Waals surface area contributed by atoms with Crippen LogP contribution in [0.4, 0.5) is 4.39 Å². The quantitative estimate of drug-likeness (QED) is 0.673. The summed E-state index contributed by atoms with van der Waals surface area (Å²) < 4.78 is 37.6. The first-order chi connectivity index (χ1) is 13.4. The van der Waals surface area contributed by atoms with Crippen LogP contribution in [0.25, 0.3) is 0 Å². The number of nitrogens with zero attached hydrogens (tertiary/aromatic N) is 1. The minimum Gasteiger partial charge on any atom is -0.334 e. The summed E-state index contributed by atoms with van der Waals surface area (Å²) in [5, 5.41) is 0. The lowest BCUT2D eigenvalue weighted by molar-refractivity contribution is -0.139. The Morgan fingerprint density at radius 3 is 2.54 bits per heavy atom. The molecule has 1 unspecified atom stereocenters. The van der Waals surface area contributed by atoms with E-state index in [0.717, 1.165) is 25.7 Å². The molecule has 1 saturated carbocycles. The highest BCUT2D eigenvalue weighted by Gasteiger charge is 2.38. The Hall–Kier alpha value is -1.43. The van der Waals surface area contributed by atoms with Crippen LogP contribution in [0.1, 0.15) is 63.9 Å². The third kappa shape index (κ3) is 5.56. The van der Waals surface area contributed by atoms with E-state index in [0.29, 0.717) is 17.9 Å². The Labute approximate surface area is 168 Å². The molecule has 1 saturated heterocycles. The first-order valence-corrected chi connectivity index (χ1v) is 12.5. The molecule has 0 bridgehead atoms. The fourth-order valence-corrected chi connectivity index (χ4v) is 6.40. The second-order valence-corrected chi connectivity index (χ2v) is 10.7. The van der Waals surface area contributed by atoms with Gasteiger partial charge in [0.1, 0.15) is 5.82 Å². The monoisotopic (exact) mass is 409 g/mol. The van der Waals surface area contributed by atoms with E-state index in [-0.39, 0.29) is 41.7 Å². The second kappa shape index (κ2) is 9.38. The molecule has 2 fully saturated rings. The van der Waals surface area contributed by atoms with Crippen molar-refractivity contribution in [2.24, 2.45) is 11.8 Å². The number of hydrogen-bond acceptors (Lipinski definition) is 3. The van der Waals surface area contributed by atoms with E-state index in [1.54, 1.807) is 17.0 Å². The average Bonchev–Trinajstić information content (AvgIpc) is 3.04. The van der Waals surface area contributed by atoms with Gasteiger partial charge in [0.25, 0.3) is 0 Å². The van der Waals surface area contributed by atoms with Gasteiger partial charge in [-0.25, -0.2) is 12.8 Å². The molecule has 156 valence electrons. The molecule has 1 aromatic rings. The van der Waals surface area contributed by atoms with Gasteiger partial charge < -0.3 is 4.90 Å². The Bertz CT molecular complexity index is 772. The van der Waals surface area contributed by atoms with Crippen LogP contribution in [-0.4, -0.2) is 36.8 Å². The van der Waals surface area contributed by atoms with Gasteiger partial charge in [-0.2, -0.15) is 0 Å². The molecule has 0 aromatic heterocycles. The van der Waals surface area contributed by atoms with Crippen molar-refractivity contribution in [1.82, 2.24) is 4.90 Å². The summed E-state index contributed by atoms with van der Waals surface area (Å²) in [4.78, 5) is 15.1. The molecular weight excluding hydrogens is 377 g/mol. The fourth-order valence-electron chi connectivity index (χ4n) is 4.67. The van der Waals surface area contributed by atoms with Crippen LogP contribution >= 0.6 is 0 Å². The maximum Gasteiger partial charge on any atom is 0.226 e. The Balaban J connectivity index is 1.70. The molecule has 1 aliphatic heterocycles. The maximum absolute atomic E-state index is 13.6. The largest absolute Gasteiger partial charge is 0.334 e. The standard InChI is InChI=1S/C22H32FNO3S/c1-2-3-5-17-8-10-19(11-9-17)22(25)24(21-12-13-28(26,27)16-21)15-18-6-4-7-20(23)14-18/h4,6-7,14,17,19,21H,2-3,5,8-13,15-16H2,1H3. The van der Waals surface area contributed by atoms with Crippen LogP contribution in [0.3, 0.4) is 0 Å². The normalized spacial score (nSPS) is 26.9. The van der Waals surface area contributed by atoms with Crippen molar-refractivity contribution in [1.29, 1.82) is 0 Å². The number of carbonyl (C=O) groups is 1. The Kier molecular flexibility index (Phi) is 7.13. The number of benzene rings is 1. The van der Waals surface area contributed by atoms with Crippen molar-refractivity contribution in [2.45, 2.75) is 70.9 Å². The molecule has 0 N–H and O–H groups in total. The van der Waals surface area contributed by atoms with Gasteiger partial charge in [-0.05, 0) is 55.7 Å². The SMILES string of the molecule is CCCCC1CCC(C(=O)N(Cc2cccc(F)c2)C2CCS(=O)(=O)C2)CC1. The number of sulfone groups is 1. The second-order valence-electron chi connectivity index (χ2n) is 8.51. The third-order valence-corrected chi connectivity index (χ3v) is 8.09. The lowest BCUT2D eigenvalue weighted by Crippen LogP contribution is -2.44. The molecule has 0 radical (unpaired) electrons. The molecule has 1 heterocycles. The summed E-state index contributed by atoms with van der Waals surface area (Å²) in [5.41, 5.74) is 0.717. The van der Waals surface area contributed by atoms with Gasteiger partial charge in [-0.1, -0.05) is 38.3 Å². The third-order valence-electron chi connectivity index (χ3n) is 6.34. The van der Waals surface area contributed by atoms with Crippen molar-refractivity contribution >= 4 is 15.7 Å². The zero-order valence-electron chi connectivity index (χ0n) is 16.8. The molecule has 28 heavy (non-hydrogen) atoms. The van der Waals surface area contributed by atoms with Crippen molar-refractivity contribution in [3.63, 3.8) is 0 Å². The van der Waals surface area contributed by atoms with Crippen molar-refractivity contribution in [3.05, 3.63) is 35.6 Å². The van der Waals surface area contributed by atoms with Crippen LogP contribution in [0, 0.1) is 17.7 Å². The van der Waals surface area contributed by atoms with Gasteiger partial charge in [0, 0.05) is 18.5 Å². The Morgan fingerprint density at radius 1 is 1.18 bits per heavy atom. The highest BCUT2D eigenvalue weighted by Crippen LogP contribution is 2.34. The predicted molar refractivity (Wildman–Crippen MR) is 109 cm³/mol. The smallest absolute Gasteiger partial charge is 0.226 e. The zero-order valence-corrected chi connectivity index (χ0v) is 17.6. The van der Waals surface area contributed by atoms with Crippen LogP contribution in [0.15, 0.2) is 24.3 Å². The number of carbonyl (C=O) groups excluding carboxylic acids is 1. The van der Waals surface area contributed by atoms with E-state index in [4.69, 9.17) is 0 Å². The van der Waals surface area contributed by atoms with Crippen molar-refractivity contribution in [2.75, 3.05) is 11.5 Å². The molecule has 1 amide bonds. The minimum absolute atomic E-state index is 0.0277. The van der Waals surface area contributed by atoms with Crippen molar-refractivity contribution < 1.29 is 17.6 Å². The van der Waals surface area contributed by atoms with Gasteiger partial charge in [0.15, 0.2) is 9.84 Å². The molecular formula is C22H32FNO3S. The van der Waals surface area contributed by atoms with E-state index in [1.807, 2.05) is 0 Å². The number of amides is 1. The van der Waals surface area contributed by atoms with E-state index in [2.05, 4.69) is 6.92 Å². The maximum atomic E-state index is 13.6. The first-order valence-electron chi connectivity index (χ1n) is 10.6. The van der Waals surface area contributed by atoms with E-state index in [1.165, 1.54) is 31.4 Å². The highest BCUT2D eigenvalue weighted by molar-refractivity contribution is 7.91. The lowest BCUT2D eigenvalue weighted by Gasteiger charge is -2.35. The first kappa shape index (κ1) is 21.3.